The zero-order chi connectivity index (χ0) is 16.8. The van der Waals surface area contributed by atoms with Gasteiger partial charge in [-0.1, -0.05) is 35.3 Å². The summed E-state index contributed by atoms with van der Waals surface area (Å²) in [6, 6.07) is 11.3. The SMILES string of the molecule is CCOc1ccc(C(CCl)c2ccc(OCC)cc2Cl)c(Cl)c1. The molecule has 2 aromatic carbocycles. The van der Waals surface area contributed by atoms with E-state index in [1.807, 2.05) is 50.2 Å². The van der Waals surface area contributed by atoms with Gasteiger partial charge in [0.15, 0.2) is 0 Å². The highest BCUT2D eigenvalue weighted by Gasteiger charge is 2.20. The van der Waals surface area contributed by atoms with E-state index in [-0.39, 0.29) is 5.92 Å². The molecular formula is C18H19Cl3O2. The largest absolute Gasteiger partial charge is 0.494 e. The standard InChI is InChI=1S/C18H19Cl3O2/c1-3-22-12-5-7-14(17(20)9-12)16(11-19)15-8-6-13(23-4-2)10-18(15)21/h5-10,16H,3-4,11H2,1-2H3. The Balaban J connectivity index is 2.36. The van der Waals surface area contributed by atoms with Crippen LogP contribution < -0.4 is 9.47 Å². The van der Waals surface area contributed by atoms with Crippen molar-refractivity contribution >= 4 is 34.8 Å². The van der Waals surface area contributed by atoms with Gasteiger partial charge in [-0.2, -0.15) is 0 Å². The maximum atomic E-state index is 6.42. The molecule has 23 heavy (non-hydrogen) atoms. The normalized spacial score (nSPS) is 10.9. The number of benzene rings is 2. The van der Waals surface area contributed by atoms with Gasteiger partial charge in [0.1, 0.15) is 11.5 Å². The molecule has 0 atom stereocenters. The van der Waals surface area contributed by atoms with Gasteiger partial charge in [0.05, 0.1) is 13.2 Å². The highest BCUT2D eigenvalue weighted by molar-refractivity contribution is 6.32. The molecule has 0 aliphatic carbocycles. The third-order valence-corrected chi connectivity index (χ3v) is 4.43. The highest BCUT2D eigenvalue weighted by Crippen LogP contribution is 2.37. The number of ether oxygens (including phenoxy) is 2. The summed E-state index contributed by atoms with van der Waals surface area (Å²) in [5.74, 6) is 1.77. The Labute approximate surface area is 152 Å². The molecule has 0 aromatic heterocycles. The van der Waals surface area contributed by atoms with Gasteiger partial charge in [-0.15, -0.1) is 11.6 Å². The fourth-order valence-electron chi connectivity index (χ4n) is 2.43. The van der Waals surface area contributed by atoms with Gasteiger partial charge in [-0.05, 0) is 49.2 Å². The van der Waals surface area contributed by atoms with Crippen molar-refractivity contribution in [3.63, 3.8) is 0 Å². The van der Waals surface area contributed by atoms with Crippen LogP contribution in [0, 0.1) is 0 Å². The van der Waals surface area contributed by atoms with Gasteiger partial charge < -0.3 is 9.47 Å². The number of halogens is 3. The third kappa shape index (κ3) is 4.47. The Hall–Kier alpha value is -1.09. The molecule has 0 aliphatic rings. The van der Waals surface area contributed by atoms with Gasteiger partial charge in [0, 0.05) is 21.8 Å². The minimum Gasteiger partial charge on any atom is -0.494 e. The Morgan fingerprint density at radius 3 is 1.57 bits per heavy atom. The van der Waals surface area contributed by atoms with E-state index in [1.54, 1.807) is 0 Å². The second-order valence-electron chi connectivity index (χ2n) is 4.94. The van der Waals surface area contributed by atoms with Crippen LogP contribution in [0.3, 0.4) is 0 Å². The lowest BCUT2D eigenvalue weighted by Gasteiger charge is -2.19. The average molecular weight is 374 g/mol. The van der Waals surface area contributed by atoms with E-state index in [0.717, 1.165) is 22.6 Å². The second-order valence-corrected chi connectivity index (χ2v) is 6.06. The molecule has 0 aliphatic heterocycles. The van der Waals surface area contributed by atoms with Crippen molar-refractivity contribution in [1.29, 1.82) is 0 Å². The topological polar surface area (TPSA) is 18.5 Å². The Kier molecular flexibility index (Phi) is 6.88. The van der Waals surface area contributed by atoms with E-state index in [9.17, 15) is 0 Å². The maximum Gasteiger partial charge on any atom is 0.120 e. The summed E-state index contributed by atoms with van der Waals surface area (Å²) in [6.45, 7) is 5.06. The van der Waals surface area contributed by atoms with E-state index in [1.165, 1.54) is 0 Å². The lowest BCUT2D eigenvalue weighted by Crippen LogP contribution is -2.05. The number of rotatable bonds is 7. The van der Waals surface area contributed by atoms with Crippen LogP contribution in [-0.2, 0) is 0 Å². The predicted octanol–water partition coefficient (Wildman–Crippen LogP) is 6.16. The Bertz CT molecular complexity index is 603. The summed E-state index contributed by atoms with van der Waals surface area (Å²) < 4.78 is 10.9. The molecule has 0 heterocycles. The predicted molar refractivity (Wildman–Crippen MR) is 97.8 cm³/mol. The number of hydrogen-bond donors (Lipinski definition) is 0. The van der Waals surface area contributed by atoms with Crippen molar-refractivity contribution in [2.24, 2.45) is 0 Å². The zero-order valence-electron chi connectivity index (χ0n) is 13.1. The van der Waals surface area contributed by atoms with Crippen molar-refractivity contribution in [2.75, 3.05) is 19.1 Å². The average Bonchev–Trinajstić information content (AvgIpc) is 2.52. The van der Waals surface area contributed by atoms with Crippen molar-refractivity contribution < 1.29 is 9.47 Å². The molecule has 0 amide bonds. The first-order valence-corrected chi connectivity index (χ1v) is 8.80. The van der Waals surface area contributed by atoms with Gasteiger partial charge in [-0.3, -0.25) is 0 Å². The minimum atomic E-state index is -0.0944. The molecular weight excluding hydrogens is 355 g/mol. The smallest absolute Gasteiger partial charge is 0.120 e. The first kappa shape index (κ1) is 18.3. The van der Waals surface area contributed by atoms with Crippen LogP contribution in [0.1, 0.15) is 30.9 Å². The van der Waals surface area contributed by atoms with Crippen LogP contribution >= 0.6 is 34.8 Å². The molecule has 0 spiro atoms. The molecule has 0 radical (unpaired) electrons. The van der Waals surface area contributed by atoms with Crippen LogP contribution in [0.2, 0.25) is 10.0 Å². The van der Waals surface area contributed by atoms with E-state index < -0.39 is 0 Å². The van der Waals surface area contributed by atoms with E-state index in [4.69, 9.17) is 44.3 Å². The van der Waals surface area contributed by atoms with Crippen LogP contribution in [0.5, 0.6) is 11.5 Å². The Morgan fingerprint density at radius 1 is 0.826 bits per heavy atom. The van der Waals surface area contributed by atoms with Gasteiger partial charge in [-0.25, -0.2) is 0 Å². The van der Waals surface area contributed by atoms with E-state index in [2.05, 4.69) is 0 Å². The summed E-state index contributed by atoms with van der Waals surface area (Å²) in [5, 5.41) is 1.23. The van der Waals surface area contributed by atoms with Gasteiger partial charge >= 0.3 is 0 Å². The number of alkyl halides is 1. The van der Waals surface area contributed by atoms with Crippen LogP contribution in [0.4, 0.5) is 0 Å². The summed E-state index contributed by atoms with van der Waals surface area (Å²) in [7, 11) is 0. The third-order valence-electron chi connectivity index (χ3n) is 3.47. The highest BCUT2D eigenvalue weighted by atomic mass is 35.5. The summed E-state index contributed by atoms with van der Waals surface area (Å²) in [4.78, 5) is 0. The Morgan fingerprint density at radius 2 is 1.26 bits per heavy atom. The van der Waals surface area contributed by atoms with Crippen LogP contribution in [0.25, 0.3) is 0 Å². The fourth-order valence-corrected chi connectivity index (χ4v) is 3.36. The molecule has 2 aromatic rings. The molecule has 0 saturated carbocycles. The van der Waals surface area contributed by atoms with Crippen molar-refractivity contribution in [1.82, 2.24) is 0 Å². The van der Waals surface area contributed by atoms with Crippen molar-refractivity contribution in [2.45, 2.75) is 19.8 Å². The van der Waals surface area contributed by atoms with Crippen molar-refractivity contribution in [3.8, 4) is 11.5 Å². The molecule has 0 unspecified atom stereocenters. The zero-order valence-corrected chi connectivity index (χ0v) is 15.4. The molecule has 5 heteroatoms. The first-order chi connectivity index (χ1) is 11.1. The fraction of sp³-hybridized carbons (Fsp3) is 0.333. The molecule has 2 nitrogen and oxygen atoms in total. The van der Waals surface area contributed by atoms with Gasteiger partial charge in [0.2, 0.25) is 0 Å². The quantitative estimate of drug-likeness (QED) is 0.541. The maximum absolute atomic E-state index is 6.42. The summed E-state index contributed by atoms with van der Waals surface area (Å²) in [6.07, 6.45) is 0. The van der Waals surface area contributed by atoms with Crippen molar-refractivity contribution in [3.05, 3.63) is 57.6 Å². The molecule has 124 valence electrons. The lowest BCUT2D eigenvalue weighted by molar-refractivity contribution is 0.340. The summed E-state index contributed by atoms with van der Waals surface area (Å²) >= 11 is 19.0. The molecule has 2 rings (SSSR count). The molecule has 0 bridgehead atoms. The summed E-state index contributed by atoms with van der Waals surface area (Å²) in [5.41, 5.74) is 1.85. The van der Waals surface area contributed by atoms with Crippen LogP contribution in [-0.4, -0.2) is 19.1 Å². The van der Waals surface area contributed by atoms with E-state index in [0.29, 0.717) is 29.1 Å². The molecule has 0 fully saturated rings. The molecule has 0 saturated heterocycles. The van der Waals surface area contributed by atoms with Gasteiger partial charge in [0.25, 0.3) is 0 Å². The monoisotopic (exact) mass is 372 g/mol. The lowest BCUT2D eigenvalue weighted by atomic mass is 9.92. The minimum absolute atomic E-state index is 0.0944. The first-order valence-electron chi connectivity index (χ1n) is 7.51. The number of hydrogen-bond acceptors (Lipinski definition) is 2. The second kappa shape index (κ2) is 8.68. The van der Waals surface area contributed by atoms with Crippen LogP contribution in [0.15, 0.2) is 36.4 Å². The molecule has 0 N–H and O–H groups in total. The van der Waals surface area contributed by atoms with E-state index >= 15 is 0 Å².